The van der Waals surface area contributed by atoms with Crippen LogP contribution in [0.1, 0.15) is 10.4 Å². The number of carboxylic acids is 1. The Labute approximate surface area is 131 Å². The first kappa shape index (κ1) is 14.4. The first-order valence-electron chi connectivity index (χ1n) is 6.62. The van der Waals surface area contributed by atoms with Gasteiger partial charge in [-0.05, 0) is 48.0 Å². The summed E-state index contributed by atoms with van der Waals surface area (Å²) in [6.45, 7) is 0. The summed E-state index contributed by atoms with van der Waals surface area (Å²) in [6.07, 6.45) is 0. The fourth-order valence-corrected chi connectivity index (χ4v) is 3.59. The van der Waals surface area contributed by atoms with Crippen LogP contribution in [0.2, 0.25) is 0 Å². The molecule has 0 saturated heterocycles. The molecule has 0 fully saturated rings. The number of methoxy groups -OCH3 is 2. The van der Waals surface area contributed by atoms with Crippen molar-refractivity contribution in [2.24, 2.45) is 0 Å². The Morgan fingerprint density at radius 1 is 1.00 bits per heavy atom. The van der Waals surface area contributed by atoms with E-state index in [-0.39, 0.29) is 0 Å². The van der Waals surface area contributed by atoms with Crippen molar-refractivity contribution in [3.8, 4) is 21.9 Å². The molecule has 1 heterocycles. The molecule has 5 heteroatoms. The van der Waals surface area contributed by atoms with E-state index >= 15 is 0 Å². The molecule has 2 aromatic carbocycles. The molecule has 0 aliphatic carbocycles. The van der Waals surface area contributed by atoms with Crippen LogP contribution in [0.25, 0.3) is 20.5 Å². The van der Waals surface area contributed by atoms with Crippen LogP contribution in [0.5, 0.6) is 11.5 Å². The molecule has 4 nitrogen and oxygen atoms in total. The Balaban J connectivity index is 2.22. The summed E-state index contributed by atoms with van der Waals surface area (Å²) in [5.41, 5.74) is 1.19. The lowest BCUT2D eigenvalue weighted by Gasteiger charge is -2.03. The molecule has 0 aliphatic heterocycles. The van der Waals surface area contributed by atoms with Gasteiger partial charge in [-0.2, -0.15) is 0 Å². The molecule has 1 aromatic heterocycles. The zero-order chi connectivity index (χ0) is 15.7. The first-order valence-corrected chi connectivity index (χ1v) is 7.44. The van der Waals surface area contributed by atoms with E-state index in [1.165, 1.54) is 11.3 Å². The lowest BCUT2D eigenvalue weighted by Crippen LogP contribution is -1.96. The lowest BCUT2D eigenvalue weighted by atomic mass is 10.1. The van der Waals surface area contributed by atoms with Crippen LogP contribution in [0.3, 0.4) is 0 Å². The molecular formula is C17H14O4S. The van der Waals surface area contributed by atoms with Gasteiger partial charge in [-0.3, -0.25) is 0 Å². The van der Waals surface area contributed by atoms with E-state index < -0.39 is 5.97 Å². The van der Waals surface area contributed by atoms with Crippen molar-refractivity contribution < 1.29 is 19.4 Å². The third kappa shape index (κ3) is 2.40. The monoisotopic (exact) mass is 314 g/mol. The average Bonchev–Trinajstić information content (AvgIpc) is 2.93. The summed E-state index contributed by atoms with van der Waals surface area (Å²) in [6, 6.07) is 12.8. The third-order valence-corrected chi connectivity index (χ3v) is 4.66. The zero-order valence-electron chi connectivity index (χ0n) is 12.1. The molecule has 0 amide bonds. The minimum atomic E-state index is -0.928. The van der Waals surface area contributed by atoms with Gasteiger partial charge in [0.1, 0.15) is 11.5 Å². The predicted molar refractivity (Wildman–Crippen MR) is 87.3 cm³/mol. The van der Waals surface area contributed by atoms with Crippen molar-refractivity contribution in [1.29, 1.82) is 0 Å². The smallest absolute Gasteiger partial charge is 0.337 e. The highest BCUT2D eigenvalue weighted by atomic mass is 32.1. The Hall–Kier alpha value is -2.53. The quantitative estimate of drug-likeness (QED) is 0.781. The van der Waals surface area contributed by atoms with E-state index in [0.717, 1.165) is 26.3 Å². The first-order chi connectivity index (χ1) is 10.6. The molecule has 3 aromatic rings. The number of fused-ring (bicyclic) bond motifs is 1. The highest BCUT2D eigenvalue weighted by Crippen LogP contribution is 2.40. The number of rotatable bonds is 4. The van der Waals surface area contributed by atoms with Gasteiger partial charge in [0.25, 0.3) is 0 Å². The van der Waals surface area contributed by atoms with Crippen molar-refractivity contribution >= 4 is 27.4 Å². The van der Waals surface area contributed by atoms with Crippen LogP contribution in [0.15, 0.2) is 42.5 Å². The summed E-state index contributed by atoms with van der Waals surface area (Å²) in [4.78, 5) is 12.4. The van der Waals surface area contributed by atoms with Gasteiger partial charge in [-0.1, -0.05) is 0 Å². The summed E-state index contributed by atoms with van der Waals surface area (Å²) >= 11 is 1.45. The van der Waals surface area contributed by atoms with Gasteiger partial charge in [0.15, 0.2) is 0 Å². The molecule has 1 N–H and O–H groups in total. The topological polar surface area (TPSA) is 55.8 Å². The van der Waals surface area contributed by atoms with E-state index in [9.17, 15) is 9.90 Å². The van der Waals surface area contributed by atoms with Gasteiger partial charge in [0.2, 0.25) is 0 Å². The molecule has 22 heavy (non-hydrogen) atoms. The summed E-state index contributed by atoms with van der Waals surface area (Å²) in [5, 5.41) is 10.3. The Morgan fingerprint density at radius 2 is 1.64 bits per heavy atom. The maximum atomic E-state index is 11.7. The highest BCUT2D eigenvalue weighted by molar-refractivity contribution is 7.22. The predicted octanol–water partition coefficient (Wildman–Crippen LogP) is 4.28. The summed E-state index contributed by atoms with van der Waals surface area (Å²) in [7, 11) is 3.20. The lowest BCUT2D eigenvalue weighted by molar-refractivity contribution is 0.0700. The molecule has 112 valence electrons. The van der Waals surface area contributed by atoms with Crippen molar-refractivity contribution in [1.82, 2.24) is 0 Å². The molecule has 0 spiro atoms. The van der Waals surface area contributed by atoms with Crippen molar-refractivity contribution in [2.75, 3.05) is 14.2 Å². The Bertz CT molecular complexity index is 834. The van der Waals surface area contributed by atoms with Gasteiger partial charge in [-0.25, -0.2) is 4.79 Å². The molecule has 0 bridgehead atoms. The number of aromatic carboxylic acids is 1. The SMILES string of the molecule is COc1ccc(-c2sc3cc(OC)ccc3c2C(=O)O)cc1. The van der Waals surface area contributed by atoms with E-state index in [1.54, 1.807) is 26.4 Å². The van der Waals surface area contributed by atoms with Crippen LogP contribution in [-0.4, -0.2) is 25.3 Å². The van der Waals surface area contributed by atoms with E-state index in [4.69, 9.17) is 9.47 Å². The second-order valence-electron chi connectivity index (χ2n) is 4.70. The van der Waals surface area contributed by atoms with Crippen LogP contribution < -0.4 is 9.47 Å². The van der Waals surface area contributed by atoms with Gasteiger partial charge in [0.05, 0.1) is 24.7 Å². The Kier molecular flexibility index (Phi) is 3.73. The maximum absolute atomic E-state index is 11.7. The van der Waals surface area contributed by atoms with E-state index in [0.29, 0.717) is 11.3 Å². The van der Waals surface area contributed by atoms with Crippen molar-refractivity contribution in [3.63, 3.8) is 0 Å². The number of carboxylic acid groups (broad SMARTS) is 1. The fourth-order valence-electron chi connectivity index (χ4n) is 2.36. The molecule has 0 unspecified atom stereocenters. The van der Waals surface area contributed by atoms with Gasteiger partial charge in [0, 0.05) is 10.1 Å². The second kappa shape index (κ2) is 5.69. The molecule has 0 atom stereocenters. The number of ether oxygens (including phenoxy) is 2. The average molecular weight is 314 g/mol. The van der Waals surface area contributed by atoms with Crippen LogP contribution >= 0.6 is 11.3 Å². The van der Waals surface area contributed by atoms with E-state index in [2.05, 4.69) is 0 Å². The van der Waals surface area contributed by atoms with Crippen LogP contribution in [0.4, 0.5) is 0 Å². The summed E-state index contributed by atoms with van der Waals surface area (Å²) in [5.74, 6) is 0.526. The number of benzene rings is 2. The highest BCUT2D eigenvalue weighted by Gasteiger charge is 2.19. The number of hydrogen-bond acceptors (Lipinski definition) is 4. The standard InChI is InChI=1S/C17H14O4S/c1-20-11-5-3-10(4-6-11)16-15(17(18)19)13-8-7-12(21-2)9-14(13)22-16/h3-9H,1-2H3,(H,18,19). The molecule has 0 aliphatic rings. The molecule has 0 radical (unpaired) electrons. The normalized spacial score (nSPS) is 10.6. The number of hydrogen-bond donors (Lipinski definition) is 1. The van der Waals surface area contributed by atoms with Crippen LogP contribution in [0, 0.1) is 0 Å². The minimum absolute atomic E-state index is 0.327. The third-order valence-electron chi connectivity index (χ3n) is 3.46. The second-order valence-corrected chi connectivity index (χ2v) is 5.75. The van der Waals surface area contributed by atoms with Crippen molar-refractivity contribution in [3.05, 3.63) is 48.0 Å². The number of carbonyl (C=O) groups is 1. The minimum Gasteiger partial charge on any atom is -0.497 e. The van der Waals surface area contributed by atoms with Gasteiger partial charge >= 0.3 is 5.97 Å². The largest absolute Gasteiger partial charge is 0.497 e. The summed E-state index contributed by atoms with van der Waals surface area (Å²) < 4.78 is 11.2. The van der Waals surface area contributed by atoms with Gasteiger partial charge < -0.3 is 14.6 Å². The fraction of sp³-hybridized carbons (Fsp3) is 0.118. The molecular weight excluding hydrogens is 300 g/mol. The van der Waals surface area contributed by atoms with E-state index in [1.807, 2.05) is 30.3 Å². The van der Waals surface area contributed by atoms with Crippen LogP contribution in [-0.2, 0) is 0 Å². The molecule has 3 rings (SSSR count). The maximum Gasteiger partial charge on any atom is 0.337 e. The zero-order valence-corrected chi connectivity index (χ0v) is 12.9. The Morgan fingerprint density at radius 3 is 2.23 bits per heavy atom. The van der Waals surface area contributed by atoms with Crippen molar-refractivity contribution in [2.45, 2.75) is 0 Å². The molecule has 0 saturated carbocycles. The number of thiophene rings is 1. The van der Waals surface area contributed by atoms with Gasteiger partial charge in [-0.15, -0.1) is 11.3 Å².